The van der Waals surface area contributed by atoms with Crippen LogP contribution in [-0.2, 0) is 16.1 Å². The van der Waals surface area contributed by atoms with Crippen molar-refractivity contribution in [3.05, 3.63) is 83.6 Å². The Labute approximate surface area is 263 Å². The summed E-state index contributed by atoms with van der Waals surface area (Å²) in [6, 6.07) is 12.9. The Morgan fingerprint density at radius 1 is 1.02 bits per heavy atom. The molecule has 6 N–H and O–H groups in total. The average Bonchev–Trinajstić information content (AvgIpc) is 3.02. The van der Waals surface area contributed by atoms with Crippen molar-refractivity contribution in [3.63, 3.8) is 0 Å². The number of nitrogens with two attached hydrogens (primary N) is 1. The average molecular weight is 616 g/mol. The van der Waals surface area contributed by atoms with Crippen LogP contribution in [0.5, 0.6) is 0 Å². The third kappa shape index (κ3) is 10.1. The first kappa shape index (κ1) is 34.2. The van der Waals surface area contributed by atoms with Crippen molar-refractivity contribution in [2.45, 2.75) is 32.9 Å². The lowest BCUT2D eigenvalue weighted by atomic mass is 10.1. The van der Waals surface area contributed by atoms with Crippen LogP contribution in [0.15, 0.2) is 66.9 Å². The van der Waals surface area contributed by atoms with Gasteiger partial charge in [0, 0.05) is 55.9 Å². The standard InChI is InChI=1S/C32H41N9O4/c1-6-17-34-29-25(20-36-32(39-29)37-24-15-13-22(14-16-24)28(33)43)31(45)38-26-11-8-7-10-23(26)19-35-30(44)21(2)41(5)27(42)12-9-18-40(3)4/h7-16,20-21H,6,17-19H2,1-5H3,(H2,33,43)(H,35,44)(H,38,45)(H2,34,36,37,39)/t21-/m0/s1. The first-order valence-corrected chi connectivity index (χ1v) is 14.5. The molecule has 0 spiro atoms. The Hall–Kier alpha value is -5.30. The summed E-state index contributed by atoms with van der Waals surface area (Å²) < 4.78 is 0. The number of rotatable bonds is 15. The summed E-state index contributed by atoms with van der Waals surface area (Å²) in [5.74, 6) is -0.976. The van der Waals surface area contributed by atoms with Crippen molar-refractivity contribution < 1.29 is 19.2 Å². The molecule has 0 fully saturated rings. The molecule has 0 saturated heterocycles. The molecule has 1 atom stereocenters. The van der Waals surface area contributed by atoms with Gasteiger partial charge >= 0.3 is 0 Å². The third-order valence-electron chi connectivity index (χ3n) is 6.76. The number of primary amides is 1. The molecule has 0 saturated carbocycles. The van der Waals surface area contributed by atoms with Gasteiger partial charge in [0.2, 0.25) is 23.7 Å². The number of para-hydroxylation sites is 1. The molecule has 45 heavy (non-hydrogen) atoms. The zero-order valence-corrected chi connectivity index (χ0v) is 26.3. The highest BCUT2D eigenvalue weighted by Crippen LogP contribution is 2.21. The Morgan fingerprint density at radius 2 is 1.73 bits per heavy atom. The largest absolute Gasteiger partial charge is 0.369 e. The fraction of sp³-hybridized carbons (Fsp3) is 0.312. The van der Waals surface area contributed by atoms with Crippen molar-refractivity contribution >= 4 is 46.8 Å². The van der Waals surface area contributed by atoms with E-state index in [0.29, 0.717) is 41.4 Å². The van der Waals surface area contributed by atoms with Crippen molar-refractivity contribution in [2.24, 2.45) is 5.73 Å². The van der Waals surface area contributed by atoms with E-state index in [0.717, 1.165) is 6.42 Å². The quantitative estimate of drug-likeness (QED) is 0.161. The van der Waals surface area contributed by atoms with Gasteiger partial charge in [-0.1, -0.05) is 31.2 Å². The highest BCUT2D eigenvalue weighted by molar-refractivity contribution is 6.07. The summed E-state index contributed by atoms with van der Waals surface area (Å²) >= 11 is 0. The van der Waals surface area contributed by atoms with Gasteiger partial charge < -0.3 is 36.8 Å². The predicted molar refractivity (Wildman–Crippen MR) is 175 cm³/mol. The van der Waals surface area contributed by atoms with Gasteiger partial charge in [-0.2, -0.15) is 4.98 Å². The minimum atomic E-state index is -0.708. The van der Waals surface area contributed by atoms with Gasteiger partial charge in [-0.25, -0.2) is 4.98 Å². The number of hydrogen-bond acceptors (Lipinski definition) is 9. The van der Waals surface area contributed by atoms with Gasteiger partial charge in [0.15, 0.2) is 0 Å². The fourth-order valence-corrected chi connectivity index (χ4v) is 4.00. The van der Waals surface area contributed by atoms with Crippen molar-refractivity contribution in [3.8, 4) is 0 Å². The topological polar surface area (TPSA) is 175 Å². The van der Waals surface area contributed by atoms with E-state index >= 15 is 0 Å². The smallest absolute Gasteiger partial charge is 0.261 e. The highest BCUT2D eigenvalue weighted by atomic mass is 16.2. The number of amides is 4. The second-order valence-corrected chi connectivity index (χ2v) is 10.6. The number of carbonyl (C=O) groups excluding carboxylic acids is 4. The molecule has 4 amide bonds. The predicted octanol–water partition coefficient (Wildman–Crippen LogP) is 2.97. The molecular formula is C32H41N9O4. The fourth-order valence-electron chi connectivity index (χ4n) is 4.00. The number of nitrogens with one attached hydrogen (secondary N) is 4. The summed E-state index contributed by atoms with van der Waals surface area (Å²) in [6.45, 7) is 4.97. The number of aromatic nitrogens is 2. The van der Waals surface area contributed by atoms with Crippen LogP contribution in [0.1, 0.15) is 46.5 Å². The minimum Gasteiger partial charge on any atom is -0.369 e. The molecule has 13 heteroatoms. The molecule has 238 valence electrons. The maximum Gasteiger partial charge on any atom is 0.261 e. The van der Waals surface area contributed by atoms with Crippen LogP contribution < -0.4 is 27.0 Å². The van der Waals surface area contributed by atoms with E-state index in [-0.39, 0.29) is 29.9 Å². The van der Waals surface area contributed by atoms with Crippen molar-refractivity contribution in [1.82, 2.24) is 25.1 Å². The SMILES string of the molecule is CCCNc1nc(Nc2ccc(C(N)=O)cc2)ncc1C(=O)Nc1ccccc1CNC(=O)[C@H](C)N(C)C(=O)C=CCN(C)C. The van der Waals surface area contributed by atoms with E-state index in [1.165, 1.54) is 17.2 Å². The van der Waals surface area contributed by atoms with Crippen molar-refractivity contribution in [1.29, 1.82) is 0 Å². The molecule has 0 bridgehead atoms. The molecule has 0 aliphatic carbocycles. The van der Waals surface area contributed by atoms with Gasteiger partial charge in [-0.15, -0.1) is 0 Å². The van der Waals surface area contributed by atoms with E-state index in [9.17, 15) is 19.2 Å². The lowest BCUT2D eigenvalue weighted by molar-refractivity contribution is -0.135. The van der Waals surface area contributed by atoms with Crippen molar-refractivity contribution in [2.75, 3.05) is 50.2 Å². The third-order valence-corrected chi connectivity index (χ3v) is 6.76. The van der Waals surface area contributed by atoms with Gasteiger partial charge in [0.05, 0.1) is 0 Å². The molecule has 0 aliphatic rings. The zero-order valence-electron chi connectivity index (χ0n) is 26.3. The molecule has 0 aliphatic heterocycles. The summed E-state index contributed by atoms with van der Waals surface area (Å²) in [7, 11) is 5.37. The lowest BCUT2D eigenvalue weighted by Gasteiger charge is -2.23. The normalized spacial score (nSPS) is 11.6. The van der Waals surface area contributed by atoms with Crippen LogP contribution in [-0.4, -0.2) is 83.7 Å². The molecule has 1 heterocycles. The van der Waals surface area contributed by atoms with E-state index in [1.54, 1.807) is 68.6 Å². The highest BCUT2D eigenvalue weighted by Gasteiger charge is 2.22. The molecule has 13 nitrogen and oxygen atoms in total. The van der Waals surface area contributed by atoms with E-state index in [4.69, 9.17) is 5.73 Å². The maximum atomic E-state index is 13.4. The van der Waals surface area contributed by atoms with E-state index in [2.05, 4.69) is 31.2 Å². The Morgan fingerprint density at radius 3 is 2.40 bits per heavy atom. The summed E-state index contributed by atoms with van der Waals surface area (Å²) in [5.41, 5.74) is 7.73. The van der Waals surface area contributed by atoms with Crippen LogP contribution >= 0.6 is 0 Å². The van der Waals surface area contributed by atoms with E-state index < -0.39 is 17.9 Å². The van der Waals surface area contributed by atoms with Gasteiger partial charge in [-0.05, 0) is 63.3 Å². The molecular weight excluding hydrogens is 574 g/mol. The second-order valence-electron chi connectivity index (χ2n) is 10.6. The molecule has 2 aromatic carbocycles. The molecule has 0 radical (unpaired) electrons. The Balaban J connectivity index is 1.70. The molecule has 1 aromatic heterocycles. The van der Waals surface area contributed by atoms with Gasteiger partial charge in [0.1, 0.15) is 17.4 Å². The first-order valence-electron chi connectivity index (χ1n) is 14.5. The van der Waals surface area contributed by atoms with Crippen LogP contribution in [0.3, 0.4) is 0 Å². The van der Waals surface area contributed by atoms with Crippen LogP contribution in [0.25, 0.3) is 0 Å². The second kappa shape index (κ2) is 16.5. The lowest BCUT2D eigenvalue weighted by Crippen LogP contribution is -2.45. The number of anilines is 4. The molecule has 3 aromatic rings. The van der Waals surface area contributed by atoms with Crippen LogP contribution in [0.2, 0.25) is 0 Å². The number of nitrogens with zero attached hydrogens (tertiary/aromatic N) is 4. The summed E-state index contributed by atoms with van der Waals surface area (Å²) in [4.78, 5) is 62.2. The molecule has 0 unspecified atom stereocenters. The summed E-state index contributed by atoms with van der Waals surface area (Å²) in [5, 5.41) is 12.0. The van der Waals surface area contributed by atoms with Crippen LogP contribution in [0, 0.1) is 0 Å². The number of likely N-dealkylation sites (N-methyl/N-ethyl adjacent to an activating group) is 2. The Kier molecular flexibility index (Phi) is 12.6. The Bertz CT molecular complexity index is 1520. The monoisotopic (exact) mass is 615 g/mol. The summed E-state index contributed by atoms with van der Waals surface area (Å²) in [6.07, 6.45) is 5.42. The van der Waals surface area contributed by atoms with Gasteiger partial charge in [-0.3, -0.25) is 19.2 Å². The van der Waals surface area contributed by atoms with Crippen LogP contribution in [0.4, 0.5) is 23.1 Å². The molecule has 3 rings (SSSR count). The number of carbonyl (C=O) groups is 4. The number of hydrogen-bond donors (Lipinski definition) is 5. The first-order chi connectivity index (χ1) is 21.5. The number of benzene rings is 2. The maximum absolute atomic E-state index is 13.4. The minimum absolute atomic E-state index is 0.132. The zero-order chi connectivity index (χ0) is 32.9. The van der Waals surface area contributed by atoms with E-state index in [1.807, 2.05) is 25.9 Å². The van der Waals surface area contributed by atoms with Gasteiger partial charge in [0.25, 0.3) is 5.91 Å².